The number of carbonyl (C=O) groups is 2. The maximum Gasteiger partial charge on any atom is 0.293 e. The van der Waals surface area contributed by atoms with Crippen LogP contribution in [0.3, 0.4) is 0 Å². The van der Waals surface area contributed by atoms with Gasteiger partial charge in [0.1, 0.15) is 12.4 Å². The van der Waals surface area contributed by atoms with Gasteiger partial charge in [-0.25, -0.2) is 0 Å². The number of rotatable bonds is 4. The van der Waals surface area contributed by atoms with E-state index in [0.717, 1.165) is 40.7 Å². The topological polar surface area (TPSA) is 46.6 Å². The second-order valence-electron chi connectivity index (χ2n) is 6.48. The Balaban J connectivity index is 1.58. The maximum atomic E-state index is 12.1. The molecule has 7 heteroatoms. The second kappa shape index (κ2) is 8.65. The molecule has 1 fully saturated rings. The van der Waals surface area contributed by atoms with E-state index >= 15 is 0 Å². The van der Waals surface area contributed by atoms with Crippen LogP contribution in [0.1, 0.15) is 11.1 Å². The summed E-state index contributed by atoms with van der Waals surface area (Å²) in [5.41, 5.74) is 2.01. The molecule has 146 valence electrons. The van der Waals surface area contributed by atoms with Crippen molar-refractivity contribution >= 4 is 84.9 Å². The van der Waals surface area contributed by atoms with Crippen LogP contribution in [0.25, 0.3) is 16.8 Å². The third kappa shape index (κ3) is 4.31. The normalized spacial score (nSPS) is 15.6. The van der Waals surface area contributed by atoms with Crippen molar-refractivity contribution in [1.82, 2.24) is 4.90 Å². The van der Waals surface area contributed by atoms with Crippen molar-refractivity contribution in [2.24, 2.45) is 0 Å². The highest BCUT2D eigenvalue weighted by molar-refractivity contribution is 14.1. The Morgan fingerprint density at radius 3 is 2.41 bits per heavy atom. The number of benzene rings is 3. The number of amides is 2. The number of thioether (sulfide) groups is 1. The van der Waals surface area contributed by atoms with Crippen LogP contribution in [-0.2, 0) is 11.4 Å². The summed E-state index contributed by atoms with van der Waals surface area (Å²) in [6, 6.07) is 18.4. The molecule has 1 heterocycles. The van der Waals surface area contributed by atoms with Gasteiger partial charge in [0.2, 0.25) is 0 Å². The highest BCUT2D eigenvalue weighted by Crippen LogP contribution is 2.34. The van der Waals surface area contributed by atoms with Gasteiger partial charge in [-0.2, -0.15) is 0 Å². The summed E-state index contributed by atoms with van der Waals surface area (Å²) in [5, 5.41) is 2.13. The van der Waals surface area contributed by atoms with Crippen LogP contribution in [0.5, 0.6) is 5.75 Å². The second-order valence-corrected chi connectivity index (χ2v) is 9.80. The summed E-state index contributed by atoms with van der Waals surface area (Å²) < 4.78 is 8.08. The molecule has 1 aliphatic heterocycles. The van der Waals surface area contributed by atoms with E-state index in [2.05, 4.69) is 69.4 Å². The van der Waals surface area contributed by atoms with Gasteiger partial charge in [-0.15, -0.1) is 0 Å². The molecule has 4 nitrogen and oxygen atoms in total. The molecule has 29 heavy (non-hydrogen) atoms. The Morgan fingerprint density at radius 2 is 1.72 bits per heavy atom. The summed E-state index contributed by atoms with van der Waals surface area (Å²) >= 11 is 5.45. The maximum absolute atomic E-state index is 12.1. The van der Waals surface area contributed by atoms with Gasteiger partial charge in [0.15, 0.2) is 0 Å². The van der Waals surface area contributed by atoms with Gasteiger partial charge in [-0.3, -0.25) is 14.5 Å². The molecule has 3 aromatic carbocycles. The molecule has 0 atom stereocenters. The van der Waals surface area contributed by atoms with E-state index in [1.807, 2.05) is 30.3 Å². The zero-order chi connectivity index (χ0) is 20.5. The molecular formula is C22H15I2NO3S. The van der Waals surface area contributed by atoms with Crippen molar-refractivity contribution in [2.45, 2.75) is 6.61 Å². The smallest absolute Gasteiger partial charge is 0.293 e. The first-order valence-corrected chi connectivity index (χ1v) is 11.7. The van der Waals surface area contributed by atoms with Gasteiger partial charge in [0, 0.05) is 7.05 Å². The molecule has 3 aromatic rings. The molecule has 0 N–H and O–H groups in total. The van der Waals surface area contributed by atoms with Gasteiger partial charge >= 0.3 is 0 Å². The third-order valence-electron chi connectivity index (χ3n) is 4.56. The molecule has 2 amide bonds. The average Bonchev–Trinajstić information content (AvgIpc) is 2.94. The summed E-state index contributed by atoms with van der Waals surface area (Å²) in [4.78, 5) is 25.4. The highest BCUT2D eigenvalue weighted by Gasteiger charge is 2.31. The monoisotopic (exact) mass is 627 g/mol. The van der Waals surface area contributed by atoms with Crippen LogP contribution >= 0.6 is 56.9 Å². The minimum absolute atomic E-state index is 0.249. The molecule has 1 aliphatic rings. The first kappa shape index (κ1) is 20.7. The largest absolute Gasteiger partial charge is 0.487 e. The minimum atomic E-state index is -0.263. The Bertz CT molecular complexity index is 1150. The Kier molecular flexibility index (Phi) is 6.16. The van der Waals surface area contributed by atoms with E-state index in [1.165, 1.54) is 17.8 Å². The number of hydrogen-bond acceptors (Lipinski definition) is 4. The number of halogens is 2. The third-order valence-corrected chi connectivity index (χ3v) is 7.12. The molecule has 0 radical (unpaired) electrons. The van der Waals surface area contributed by atoms with Crippen molar-refractivity contribution in [3.63, 3.8) is 0 Å². The van der Waals surface area contributed by atoms with Crippen molar-refractivity contribution in [2.75, 3.05) is 7.05 Å². The van der Waals surface area contributed by atoms with Gasteiger partial charge in [-0.05, 0) is 97.1 Å². The number of imide groups is 1. The molecular weight excluding hydrogens is 612 g/mol. The molecule has 4 rings (SSSR count). The van der Waals surface area contributed by atoms with E-state index in [9.17, 15) is 9.59 Å². The number of ether oxygens (including phenoxy) is 1. The van der Waals surface area contributed by atoms with Crippen LogP contribution in [0, 0.1) is 7.14 Å². The van der Waals surface area contributed by atoms with Crippen molar-refractivity contribution < 1.29 is 14.3 Å². The SMILES string of the molecule is CN1C(=O)S/C(=C\c2cc(I)c(OCc3cccc4ccccc34)c(I)c2)C1=O. The number of hydrogen-bond donors (Lipinski definition) is 0. The van der Waals surface area contributed by atoms with Crippen LogP contribution in [0.2, 0.25) is 0 Å². The molecule has 0 aliphatic carbocycles. The Morgan fingerprint density at radius 1 is 1.03 bits per heavy atom. The molecule has 0 bridgehead atoms. The van der Waals surface area contributed by atoms with E-state index in [1.54, 1.807) is 6.08 Å². The quantitative estimate of drug-likeness (QED) is 0.252. The summed E-state index contributed by atoms with van der Waals surface area (Å²) in [6.07, 6.45) is 1.76. The van der Waals surface area contributed by atoms with E-state index in [0.29, 0.717) is 11.5 Å². The zero-order valence-corrected chi connectivity index (χ0v) is 20.4. The van der Waals surface area contributed by atoms with Gasteiger partial charge < -0.3 is 4.74 Å². The highest BCUT2D eigenvalue weighted by atomic mass is 127. The van der Waals surface area contributed by atoms with Crippen LogP contribution in [0.15, 0.2) is 59.5 Å². The standard InChI is InChI=1S/C22H15I2NO3S/c1-25-21(26)19(29-22(25)27)11-13-9-17(23)20(18(24)10-13)28-12-15-7-4-6-14-5-2-3-8-16(14)15/h2-11H,12H2,1H3/b19-11-. The predicted molar refractivity (Wildman–Crippen MR) is 134 cm³/mol. The number of fused-ring (bicyclic) bond motifs is 1. The lowest BCUT2D eigenvalue weighted by molar-refractivity contribution is -0.121. The van der Waals surface area contributed by atoms with Gasteiger partial charge in [-0.1, -0.05) is 42.5 Å². The number of likely N-dealkylation sites (N-methyl/N-ethyl adjacent to an activating group) is 1. The number of nitrogens with zero attached hydrogens (tertiary/aromatic N) is 1. The van der Waals surface area contributed by atoms with Crippen LogP contribution < -0.4 is 4.74 Å². The molecule has 0 unspecified atom stereocenters. The van der Waals surface area contributed by atoms with Gasteiger partial charge in [0.05, 0.1) is 12.0 Å². The van der Waals surface area contributed by atoms with Crippen molar-refractivity contribution in [3.8, 4) is 5.75 Å². The first-order valence-electron chi connectivity index (χ1n) is 8.74. The lowest BCUT2D eigenvalue weighted by Crippen LogP contribution is -2.22. The number of carbonyl (C=O) groups excluding carboxylic acids is 2. The van der Waals surface area contributed by atoms with Gasteiger partial charge in [0.25, 0.3) is 11.1 Å². The molecule has 0 saturated carbocycles. The van der Waals surface area contributed by atoms with E-state index < -0.39 is 0 Å². The van der Waals surface area contributed by atoms with E-state index in [-0.39, 0.29) is 11.1 Å². The van der Waals surface area contributed by atoms with Crippen LogP contribution in [0.4, 0.5) is 4.79 Å². The zero-order valence-electron chi connectivity index (χ0n) is 15.3. The molecule has 0 aromatic heterocycles. The van der Waals surface area contributed by atoms with Crippen molar-refractivity contribution in [3.05, 3.63) is 77.8 Å². The summed E-state index contributed by atoms with van der Waals surface area (Å²) in [7, 11) is 1.50. The molecule has 1 saturated heterocycles. The fourth-order valence-corrected chi connectivity index (χ4v) is 6.02. The van der Waals surface area contributed by atoms with E-state index in [4.69, 9.17) is 4.74 Å². The summed E-state index contributed by atoms with van der Waals surface area (Å²) in [5.74, 6) is 0.557. The summed E-state index contributed by atoms with van der Waals surface area (Å²) in [6.45, 7) is 0.474. The van der Waals surface area contributed by atoms with Crippen LogP contribution in [-0.4, -0.2) is 23.1 Å². The lowest BCUT2D eigenvalue weighted by Gasteiger charge is -2.13. The van der Waals surface area contributed by atoms with Crippen molar-refractivity contribution in [1.29, 1.82) is 0 Å². The lowest BCUT2D eigenvalue weighted by atomic mass is 10.1. The predicted octanol–water partition coefficient (Wildman–Crippen LogP) is 6.29. The minimum Gasteiger partial charge on any atom is -0.487 e. The molecule has 0 spiro atoms. The average molecular weight is 627 g/mol. The fourth-order valence-electron chi connectivity index (χ4n) is 3.07. The fraction of sp³-hybridized carbons (Fsp3) is 0.0909. The Labute approximate surface area is 200 Å². The first-order chi connectivity index (χ1) is 13.9. The Hall–Kier alpha value is -1.59.